The van der Waals surface area contributed by atoms with Gasteiger partial charge in [-0.15, -0.1) is 0 Å². The molecule has 2 rings (SSSR count). The van der Waals surface area contributed by atoms with E-state index in [0.717, 1.165) is 28.1 Å². The van der Waals surface area contributed by atoms with E-state index < -0.39 is 0 Å². The van der Waals surface area contributed by atoms with E-state index in [1.807, 2.05) is 45.0 Å². The number of carbonyl (C=O) groups excluding carboxylic acids is 1. The molecule has 3 heteroatoms. The first-order valence-corrected chi connectivity index (χ1v) is 6.23. The molecular weight excluding hydrogens is 236 g/mol. The number of rotatable bonds is 2. The van der Waals surface area contributed by atoms with Gasteiger partial charge in [0.25, 0.3) is 5.91 Å². The highest BCUT2D eigenvalue weighted by atomic mass is 16.1. The Morgan fingerprint density at radius 1 is 1.05 bits per heavy atom. The fraction of sp³-hybridized carbons (Fsp3) is 0.188. The summed E-state index contributed by atoms with van der Waals surface area (Å²) in [4.78, 5) is 12.2. The number of nitrogen functional groups attached to an aromatic ring is 1. The number of benzene rings is 2. The molecule has 0 saturated heterocycles. The quantitative estimate of drug-likeness (QED) is 0.806. The van der Waals surface area contributed by atoms with Crippen molar-refractivity contribution < 1.29 is 4.79 Å². The first kappa shape index (κ1) is 13.1. The second-order valence-electron chi connectivity index (χ2n) is 4.74. The third-order valence-electron chi connectivity index (χ3n) is 3.31. The maximum absolute atomic E-state index is 12.2. The minimum Gasteiger partial charge on any atom is -0.398 e. The van der Waals surface area contributed by atoms with E-state index in [1.54, 1.807) is 12.1 Å². The van der Waals surface area contributed by atoms with Gasteiger partial charge in [-0.25, -0.2) is 0 Å². The molecule has 2 aromatic rings. The molecule has 0 heterocycles. The molecule has 0 aliphatic rings. The summed E-state index contributed by atoms with van der Waals surface area (Å²) in [5.74, 6) is -0.116. The van der Waals surface area contributed by atoms with Gasteiger partial charge in [0, 0.05) is 16.9 Å². The van der Waals surface area contributed by atoms with Crippen LogP contribution in [0.25, 0.3) is 0 Å². The maximum atomic E-state index is 12.2. The topological polar surface area (TPSA) is 55.1 Å². The molecule has 0 radical (unpaired) electrons. The van der Waals surface area contributed by atoms with Crippen LogP contribution in [0.1, 0.15) is 27.0 Å². The van der Waals surface area contributed by atoms with Gasteiger partial charge in [-0.2, -0.15) is 0 Å². The van der Waals surface area contributed by atoms with E-state index in [-0.39, 0.29) is 5.91 Å². The molecule has 1 amide bonds. The predicted molar refractivity (Wildman–Crippen MR) is 79.5 cm³/mol. The van der Waals surface area contributed by atoms with E-state index in [0.29, 0.717) is 5.56 Å². The van der Waals surface area contributed by atoms with Crippen molar-refractivity contribution in [3.05, 3.63) is 58.7 Å². The lowest BCUT2D eigenvalue weighted by Gasteiger charge is -2.15. The summed E-state index contributed by atoms with van der Waals surface area (Å²) in [6.07, 6.45) is 0. The van der Waals surface area contributed by atoms with Crippen LogP contribution in [0.15, 0.2) is 36.4 Å². The number of nitrogens with two attached hydrogens (primary N) is 1. The van der Waals surface area contributed by atoms with Crippen molar-refractivity contribution in [3.8, 4) is 0 Å². The number of hydrogen-bond donors (Lipinski definition) is 2. The standard InChI is InChI=1S/C16H18N2O/c1-10-9-11(2)15(12(3)14(10)17)18-16(19)13-7-5-4-6-8-13/h4-9H,17H2,1-3H3,(H,18,19). The highest BCUT2D eigenvalue weighted by Crippen LogP contribution is 2.28. The molecule has 19 heavy (non-hydrogen) atoms. The highest BCUT2D eigenvalue weighted by molar-refractivity contribution is 6.05. The molecule has 0 saturated carbocycles. The molecule has 0 aromatic heterocycles. The van der Waals surface area contributed by atoms with Crippen LogP contribution in [-0.2, 0) is 0 Å². The third kappa shape index (κ3) is 2.60. The zero-order valence-electron chi connectivity index (χ0n) is 11.4. The number of anilines is 2. The number of nitrogens with one attached hydrogen (secondary N) is 1. The largest absolute Gasteiger partial charge is 0.398 e. The summed E-state index contributed by atoms with van der Waals surface area (Å²) in [6, 6.07) is 11.1. The normalized spacial score (nSPS) is 10.3. The van der Waals surface area contributed by atoms with Crippen molar-refractivity contribution in [1.29, 1.82) is 0 Å². The van der Waals surface area contributed by atoms with Crippen LogP contribution in [0.3, 0.4) is 0 Å². The Hall–Kier alpha value is -2.29. The van der Waals surface area contributed by atoms with Crippen molar-refractivity contribution in [1.82, 2.24) is 0 Å². The van der Waals surface area contributed by atoms with Gasteiger partial charge in [-0.05, 0) is 49.6 Å². The van der Waals surface area contributed by atoms with E-state index in [2.05, 4.69) is 5.32 Å². The van der Waals surface area contributed by atoms with Gasteiger partial charge in [-0.3, -0.25) is 4.79 Å². The number of aryl methyl sites for hydroxylation is 2. The molecule has 0 aliphatic carbocycles. The molecule has 2 aromatic carbocycles. The molecule has 0 fully saturated rings. The Kier molecular flexibility index (Phi) is 3.56. The number of amides is 1. The fourth-order valence-corrected chi connectivity index (χ4v) is 2.17. The van der Waals surface area contributed by atoms with Gasteiger partial charge in [0.05, 0.1) is 0 Å². The SMILES string of the molecule is Cc1cc(C)c(NC(=O)c2ccccc2)c(C)c1N. The summed E-state index contributed by atoms with van der Waals surface area (Å²) in [6.45, 7) is 5.87. The van der Waals surface area contributed by atoms with E-state index in [4.69, 9.17) is 5.73 Å². The Bertz CT molecular complexity index is 618. The molecule has 0 bridgehead atoms. The van der Waals surface area contributed by atoms with Gasteiger partial charge in [-0.1, -0.05) is 24.3 Å². The van der Waals surface area contributed by atoms with Gasteiger partial charge in [0.15, 0.2) is 0 Å². The van der Waals surface area contributed by atoms with Gasteiger partial charge in [0.1, 0.15) is 0 Å². The lowest BCUT2D eigenvalue weighted by Crippen LogP contribution is -2.14. The number of hydrogen-bond acceptors (Lipinski definition) is 2. The smallest absolute Gasteiger partial charge is 0.255 e. The zero-order chi connectivity index (χ0) is 14.0. The van der Waals surface area contributed by atoms with Crippen molar-refractivity contribution in [2.75, 3.05) is 11.1 Å². The molecular formula is C16H18N2O. The van der Waals surface area contributed by atoms with E-state index >= 15 is 0 Å². The first-order valence-electron chi connectivity index (χ1n) is 6.23. The molecule has 0 atom stereocenters. The van der Waals surface area contributed by atoms with Crippen LogP contribution in [0.5, 0.6) is 0 Å². The summed E-state index contributed by atoms with van der Waals surface area (Å²) in [5, 5.41) is 2.94. The Balaban J connectivity index is 2.35. The highest BCUT2D eigenvalue weighted by Gasteiger charge is 2.12. The number of carbonyl (C=O) groups is 1. The second-order valence-corrected chi connectivity index (χ2v) is 4.74. The summed E-state index contributed by atoms with van der Waals surface area (Å²) < 4.78 is 0. The average molecular weight is 254 g/mol. The molecule has 0 unspecified atom stereocenters. The lowest BCUT2D eigenvalue weighted by atomic mass is 10.0. The third-order valence-corrected chi connectivity index (χ3v) is 3.31. The Morgan fingerprint density at radius 2 is 1.68 bits per heavy atom. The summed E-state index contributed by atoms with van der Waals surface area (Å²) >= 11 is 0. The maximum Gasteiger partial charge on any atom is 0.255 e. The minimum atomic E-state index is -0.116. The van der Waals surface area contributed by atoms with Crippen molar-refractivity contribution >= 4 is 17.3 Å². The lowest BCUT2D eigenvalue weighted by molar-refractivity contribution is 0.102. The molecule has 98 valence electrons. The van der Waals surface area contributed by atoms with Gasteiger partial charge < -0.3 is 11.1 Å². The predicted octanol–water partition coefficient (Wildman–Crippen LogP) is 3.45. The van der Waals surface area contributed by atoms with Crippen LogP contribution in [0, 0.1) is 20.8 Å². The van der Waals surface area contributed by atoms with Crippen LogP contribution < -0.4 is 11.1 Å². The van der Waals surface area contributed by atoms with Crippen LogP contribution in [0.2, 0.25) is 0 Å². The molecule has 3 nitrogen and oxygen atoms in total. The van der Waals surface area contributed by atoms with E-state index in [1.165, 1.54) is 0 Å². The Morgan fingerprint density at radius 3 is 2.32 bits per heavy atom. The van der Waals surface area contributed by atoms with Crippen LogP contribution >= 0.6 is 0 Å². The van der Waals surface area contributed by atoms with Crippen LogP contribution in [0.4, 0.5) is 11.4 Å². The van der Waals surface area contributed by atoms with E-state index in [9.17, 15) is 4.79 Å². The molecule has 3 N–H and O–H groups in total. The summed E-state index contributed by atoms with van der Waals surface area (Å²) in [7, 11) is 0. The van der Waals surface area contributed by atoms with Crippen molar-refractivity contribution in [2.24, 2.45) is 0 Å². The monoisotopic (exact) mass is 254 g/mol. The average Bonchev–Trinajstić information content (AvgIpc) is 2.42. The minimum absolute atomic E-state index is 0.116. The van der Waals surface area contributed by atoms with Gasteiger partial charge in [0.2, 0.25) is 0 Å². The van der Waals surface area contributed by atoms with Crippen molar-refractivity contribution in [3.63, 3.8) is 0 Å². The molecule has 0 aliphatic heterocycles. The molecule has 0 spiro atoms. The zero-order valence-corrected chi connectivity index (χ0v) is 11.4. The van der Waals surface area contributed by atoms with Gasteiger partial charge >= 0.3 is 0 Å². The Labute approximate surface area is 113 Å². The first-order chi connectivity index (χ1) is 9.00. The summed E-state index contributed by atoms with van der Waals surface area (Å²) in [5.41, 5.74) is 11.2. The second kappa shape index (κ2) is 5.14. The fourth-order valence-electron chi connectivity index (χ4n) is 2.17. The van der Waals surface area contributed by atoms with Crippen molar-refractivity contribution in [2.45, 2.75) is 20.8 Å². The van der Waals surface area contributed by atoms with Crippen LogP contribution in [-0.4, -0.2) is 5.91 Å².